The van der Waals surface area contributed by atoms with Gasteiger partial charge in [0, 0.05) is 12.1 Å². The summed E-state index contributed by atoms with van der Waals surface area (Å²) in [5.41, 5.74) is 0.595. The second-order valence-electron chi connectivity index (χ2n) is 7.78. The van der Waals surface area contributed by atoms with Crippen LogP contribution < -0.4 is 9.88 Å². The van der Waals surface area contributed by atoms with E-state index in [4.69, 9.17) is 14.4 Å². The molecule has 2 fully saturated rings. The van der Waals surface area contributed by atoms with Gasteiger partial charge in [0.1, 0.15) is 11.8 Å². The summed E-state index contributed by atoms with van der Waals surface area (Å²) in [5.74, 6) is 1.96. The fourth-order valence-electron chi connectivity index (χ4n) is 4.05. The average molecular weight is 440 g/mol. The number of benzene rings is 2. The number of amides is 1. The van der Waals surface area contributed by atoms with Crippen LogP contribution in [0.5, 0.6) is 5.75 Å². The Labute approximate surface area is 178 Å². The van der Waals surface area contributed by atoms with E-state index in [2.05, 4.69) is 10.1 Å². The molecule has 1 amide bonds. The number of likely N-dealkylation sites (tertiary alicyclic amines) is 1. The smallest absolute Gasteiger partial charge is 0.261 e. The third-order valence-corrected chi connectivity index (χ3v) is 6.64. The predicted octanol–water partition coefficient (Wildman–Crippen LogP) is 1.98. The molecule has 1 saturated carbocycles. The van der Waals surface area contributed by atoms with Gasteiger partial charge in [-0.25, -0.2) is 13.6 Å². The zero-order valence-corrected chi connectivity index (χ0v) is 17.2. The Morgan fingerprint density at radius 3 is 2.61 bits per heavy atom. The Kier molecular flexibility index (Phi) is 4.75. The molecule has 1 saturated heterocycles. The highest BCUT2D eigenvalue weighted by molar-refractivity contribution is 7.89. The van der Waals surface area contributed by atoms with Gasteiger partial charge in [0.2, 0.25) is 21.7 Å². The maximum Gasteiger partial charge on any atom is 0.261 e. The van der Waals surface area contributed by atoms with E-state index in [9.17, 15) is 13.2 Å². The van der Waals surface area contributed by atoms with E-state index in [-0.39, 0.29) is 23.5 Å². The van der Waals surface area contributed by atoms with Crippen molar-refractivity contribution in [2.75, 3.05) is 13.2 Å². The summed E-state index contributed by atoms with van der Waals surface area (Å²) >= 11 is 0. The molecule has 0 bridgehead atoms. The molecule has 2 aromatic carbocycles. The summed E-state index contributed by atoms with van der Waals surface area (Å²) in [6.45, 7) is 0.586. The molecule has 3 unspecified atom stereocenters. The number of primary sulfonamides is 1. The molecule has 2 aliphatic rings. The lowest BCUT2D eigenvalue weighted by Gasteiger charge is -2.24. The number of nitrogens with zero attached hydrogens (tertiary/aromatic N) is 3. The van der Waals surface area contributed by atoms with Gasteiger partial charge in [-0.15, -0.1) is 0 Å². The lowest BCUT2D eigenvalue weighted by atomic mass is 10.1. The van der Waals surface area contributed by atoms with E-state index in [0.717, 1.165) is 6.42 Å². The first kappa shape index (κ1) is 19.7. The second kappa shape index (κ2) is 7.47. The summed E-state index contributed by atoms with van der Waals surface area (Å²) in [6, 6.07) is 14.8. The number of fused-ring (bicyclic) bond motifs is 1. The molecule has 3 aromatic rings. The first-order valence-corrected chi connectivity index (χ1v) is 11.4. The number of ether oxygens (including phenoxy) is 1. The normalized spacial score (nSPS) is 22.2. The van der Waals surface area contributed by atoms with Crippen LogP contribution in [0.4, 0.5) is 0 Å². The molecule has 2 N–H and O–H groups in total. The van der Waals surface area contributed by atoms with Gasteiger partial charge in [-0.1, -0.05) is 23.4 Å². The van der Waals surface area contributed by atoms with Gasteiger partial charge in [0.25, 0.3) is 5.91 Å². The molecule has 2 heterocycles. The summed E-state index contributed by atoms with van der Waals surface area (Å²) in [7, 11) is -3.77. The number of para-hydroxylation sites is 1. The number of sulfonamides is 1. The molecule has 1 aromatic heterocycles. The van der Waals surface area contributed by atoms with Crippen molar-refractivity contribution in [1.82, 2.24) is 15.0 Å². The number of hydrogen-bond acceptors (Lipinski definition) is 7. The van der Waals surface area contributed by atoms with Crippen molar-refractivity contribution < 1.29 is 22.5 Å². The van der Waals surface area contributed by atoms with Crippen LogP contribution in [0.15, 0.2) is 64.0 Å². The topological polar surface area (TPSA) is 129 Å². The van der Waals surface area contributed by atoms with Crippen LogP contribution in [0.2, 0.25) is 0 Å². The molecular weight excluding hydrogens is 420 g/mol. The lowest BCUT2D eigenvalue weighted by Crippen LogP contribution is -2.36. The van der Waals surface area contributed by atoms with Crippen LogP contribution in [-0.4, -0.2) is 42.5 Å². The van der Waals surface area contributed by atoms with E-state index < -0.39 is 10.0 Å². The number of piperidine rings is 1. The summed E-state index contributed by atoms with van der Waals surface area (Å²) < 4.78 is 34.0. The Bertz CT molecular complexity index is 1210. The number of aromatic nitrogens is 2. The molecule has 1 aliphatic carbocycles. The predicted molar refractivity (Wildman–Crippen MR) is 109 cm³/mol. The van der Waals surface area contributed by atoms with Crippen molar-refractivity contribution >= 4 is 15.9 Å². The average Bonchev–Trinajstić information content (AvgIpc) is 3.19. The highest BCUT2D eigenvalue weighted by Crippen LogP contribution is 2.56. The summed E-state index contributed by atoms with van der Waals surface area (Å²) in [5, 5.41) is 9.16. The standard InChI is InChI=1S/C21H20N4O5S/c22-31(27,28)16-8-6-13(7-9-16)20-23-21(30-24-20)19-17-10-14(17)11-25(19)18(26)12-29-15-4-2-1-3-5-15/h1-9,14,17,19H,10-12H2,(H2,22,27,28). The monoisotopic (exact) mass is 440 g/mol. The molecule has 0 spiro atoms. The third kappa shape index (κ3) is 3.91. The Morgan fingerprint density at radius 2 is 1.90 bits per heavy atom. The molecule has 5 rings (SSSR count). The van der Waals surface area contributed by atoms with Crippen LogP contribution in [-0.2, 0) is 14.8 Å². The van der Waals surface area contributed by atoms with Crippen LogP contribution >= 0.6 is 0 Å². The van der Waals surface area contributed by atoms with Crippen LogP contribution in [0.25, 0.3) is 11.4 Å². The van der Waals surface area contributed by atoms with Gasteiger partial charge in [0.15, 0.2) is 6.61 Å². The lowest BCUT2D eigenvalue weighted by molar-refractivity contribution is -0.135. The number of carbonyl (C=O) groups excluding carboxylic acids is 1. The van der Waals surface area contributed by atoms with Crippen molar-refractivity contribution in [2.24, 2.45) is 17.0 Å². The fraction of sp³-hybridized carbons (Fsp3) is 0.286. The minimum Gasteiger partial charge on any atom is -0.484 e. The molecule has 0 radical (unpaired) electrons. The highest BCUT2D eigenvalue weighted by atomic mass is 32.2. The van der Waals surface area contributed by atoms with E-state index >= 15 is 0 Å². The number of nitrogens with two attached hydrogens (primary N) is 1. The van der Waals surface area contributed by atoms with Crippen molar-refractivity contribution in [3.63, 3.8) is 0 Å². The van der Waals surface area contributed by atoms with Gasteiger partial charge >= 0.3 is 0 Å². The third-order valence-electron chi connectivity index (χ3n) is 5.71. The Morgan fingerprint density at radius 1 is 1.16 bits per heavy atom. The van der Waals surface area contributed by atoms with Gasteiger partial charge in [-0.05, 0) is 54.7 Å². The highest BCUT2D eigenvalue weighted by Gasteiger charge is 2.56. The van der Waals surface area contributed by atoms with E-state index in [0.29, 0.717) is 41.4 Å². The maximum absolute atomic E-state index is 12.8. The SMILES string of the molecule is NS(=O)(=O)c1ccc(-c2noc(C3C4CC4CN3C(=O)COc3ccccc3)n2)cc1. The van der Waals surface area contributed by atoms with Crippen LogP contribution in [0, 0.1) is 11.8 Å². The Balaban J connectivity index is 1.32. The molecule has 160 valence electrons. The number of hydrogen-bond donors (Lipinski definition) is 1. The van der Waals surface area contributed by atoms with Gasteiger partial charge < -0.3 is 14.2 Å². The van der Waals surface area contributed by atoms with Crippen LogP contribution in [0.3, 0.4) is 0 Å². The molecule has 31 heavy (non-hydrogen) atoms. The summed E-state index contributed by atoms with van der Waals surface area (Å²) in [6.07, 6.45) is 1.02. The van der Waals surface area contributed by atoms with Crippen molar-refractivity contribution in [2.45, 2.75) is 17.4 Å². The first-order chi connectivity index (χ1) is 14.9. The molecular formula is C21H20N4O5S. The second-order valence-corrected chi connectivity index (χ2v) is 9.34. The maximum atomic E-state index is 12.8. The van der Waals surface area contributed by atoms with Crippen LogP contribution in [0.1, 0.15) is 18.4 Å². The first-order valence-electron chi connectivity index (χ1n) is 9.84. The van der Waals surface area contributed by atoms with Gasteiger partial charge in [-0.3, -0.25) is 4.79 Å². The summed E-state index contributed by atoms with van der Waals surface area (Å²) in [4.78, 5) is 19.1. The Hall–Kier alpha value is -3.24. The van der Waals surface area contributed by atoms with Gasteiger partial charge in [0.05, 0.1) is 4.90 Å². The van der Waals surface area contributed by atoms with E-state index in [1.165, 1.54) is 12.1 Å². The molecule has 1 aliphatic heterocycles. The molecule has 3 atom stereocenters. The zero-order chi connectivity index (χ0) is 21.6. The fourth-order valence-corrected chi connectivity index (χ4v) is 4.56. The van der Waals surface area contributed by atoms with E-state index in [1.807, 2.05) is 18.2 Å². The van der Waals surface area contributed by atoms with Gasteiger partial charge in [-0.2, -0.15) is 4.98 Å². The van der Waals surface area contributed by atoms with Crippen molar-refractivity contribution in [1.29, 1.82) is 0 Å². The molecule has 9 nitrogen and oxygen atoms in total. The molecule has 10 heteroatoms. The largest absolute Gasteiger partial charge is 0.484 e. The van der Waals surface area contributed by atoms with Crippen molar-refractivity contribution in [3.05, 3.63) is 60.5 Å². The zero-order valence-electron chi connectivity index (χ0n) is 16.4. The van der Waals surface area contributed by atoms with E-state index in [1.54, 1.807) is 29.2 Å². The number of rotatable bonds is 6. The minimum atomic E-state index is -3.77. The van der Waals surface area contributed by atoms with Crippen molar-refractivity contribution in [3.8, 4) is 17.1 Å². The quantitative estimate of drug-likeness (QED) is 0.620. The minimum absolute atomic E-state index is 0.00627. The number of carbonyl (C=O) groups is 1.